The predicted octanol–water partition coefficient (Wildman–Crippen LogP) is 3.72. The van der Waals surface area contributed by atoms with Gasteiger partial charge >= 0.3 is 0 Å². The van der Waals surface area contributed by atoms with Crippen molar-refractivity contribution in [3.05, 3.63) is 64.8 Å². The molecule has 1 aromatic heterocycles. The van der Waals surface area contributed by atoms with Gasteiger partial charge < -0.3 is 0 Å². The molecule has 0 amide bonds. The SMILES string of the molecule is Cc1ccc(CN2CCC[C@@H](Cc3ccc4[nH]ncc4c3)C2)cc1CS(=O)(=O)N(C)C. The third-order valence-corrected chi connectivity index (χ3v) is 8.13. The number of nitrogens with zero attached hydrogens (tertiary/aromatic N) is 3. The van der Waals surface area contributed by atoms with Crippen LogP contribution in [-0.2, 0) is 28.7 Å². The Morgan fingerprint density at radius 2 is 1.97 bits per heavy atom. The van der Waals surface area contributed by atoms with Crippen LogP contribution in [0, 0.1) is 12.8 Å². The van der Waals surface area contributed by atoms with Gasteiger partial charge in [0.1, 0.15) is 0 Å². The first-order valence-corrected chi connectivity index (χ1v) is 12.5. The Morgan fingerprint density at radius 3 is 2.77 bits per heavy atom. The smallest absolute Gasteiger partial charge is 0.217 e. The number of piperidine rings is 1. The lowest BCUT2D eigenvalue weighted by Gasteiger charge is -2.33. The highest BCUT2D eigenvalue weighted by atomic mass is 32.2. The van der Waals surface area contributed by atoms with Gasteiger partial charge in [0, 0.05) is 32.6 Å². The summed E-state index contributed by atoms with van der Waals surface area (Å²) >= 11 is 0. The molecule has 1 saturated heterocycles. The van der Waals surface area contributed by atoms with Gasteiger partial charge in [-0.25, -0.2) is 12.7 Å². The minimum absolute atomic E-state index is 0.0544. The van der Waals surface area contributed by atoms with E-state index < -0.39 is 10.0 Å². The summed E-state index contributed by atoms with van der Waals surface area (Å²) in [5, 5.41) is 8.31. The van der Waals surface area contributed by atoms with E-state index in [4.69, 9.17) is 0 Å². The number of sulfonamides is 1. The van der Waals surface area contributed by atoms with Crippen molar-refractivity contribution in [3.63, 3.8) is 0 Å². The van der Waals surface area contributed by atoms with Crippen molar-refractivity contribution in [2.75, 3.05) is 27.2 Å². The van der Waals surface area contributed by atoms with Gasteiger partial charge in [0.05, 0.1) is 17.5 Å². The van der Waals surface area contributed by atoms with Crippen molar-refractivity contribution in [2.45, 2.75) is 38.5 Å². The molecule has 0 aliphatic carbocycles. The number of H-pyrrole nitrogens is 1. The molecule has 0 bridgehead atoms. The number of hydrogen-bond acceptors (Lipinski definition) is 4. The summed E-state index contributed by atoms with van der Waals surface area (Å²) in [5.74, 6) is 0.691. The van der Waals surface area contributed by atoms with Crippen LogP contribution in [0.25, 0.3) is 10.9 Å². The minimum Gasteiger partial charge on any atom is -0.299 e. The number of hydrogen-bond donors (Lipinski definition) is 1. The van der Waals surface area contributed by atoms with Crippen molar-refractivity contribution in [1.29, 1.82) is 0 Å². The fourth-order valence-corrected chi connectivity index (χ4v) is 5.44. The largest absolute Gasteiger partial charge is 0.299 e. The number of nitrogens with one attached hydrogen (secondary N) is 1. The third-order valence-electron chi connectivity index (χ3n) is 6.35. The lowest BCUT2D eigenvalue weighted by atomic mass is 9.90. The van der Waals surface area contributed by atoms with E-state index in [0.29, 0.717) is 5.92 Å². The molecule has 166 valence electrons. The molecule has 2 aromatic carbocycles. The maximum Gasteiger partial charge on any atom is 0.217 e. The van der Waals surface area contributed by atoms with Gasteiger partial charge in [0.25, 0.3) is 0 Å². The van der Waals surface area contributed by atoms with Crippen LogP contribution < -0.4 is 0 Å². The first-order valence-electron chi connectivity index (χ1n) is 10.9. The van der Waals surface area contributed by atoms with Gasteiger partial charge in [0.15, 0.2) is 0 Å². The summed E-state index contributed by atoms with van der Waals surface area (Å²) in [6.07, 6.45) is 5.42. The number of benzene rings is 2. The average Bonchev–Trinajstić information content (AvgIpc) is 3.18. The molecule has 31 heavy (non-hydrogen) atoms. The lowest BCUT2D eigenvalue weighted by Crippen LogP contribution is -2.35. The van der Waals surface area contributed by atoms with Crippen LogP contribution in [0.4, 0.5) is 0 Å². The average molecular weight is 441 g/mol. The number of likely N-dealkylation sites (tertiary alicyclic amines) is 1. The number of rotatable bonds is 7. The molecule has 1 fully saturated rings. The maximum atomic E-state index is 12.3. The summed E-state index contributed by atoms with van der Waals surface area (Å²) in [5.41, 5.74) is 5.57. The zero-order chi connectivity index (χ0) is 22.0. The summed E-state index contributed by atoms with van der Waals surface area (Å²) in [6.45, 7) is 5.02. The fourth-order valence-electron chi connectivity index (χ4n) is 4.48. The van der Waals surface area contributed by atoms with Crippen LogP contribution in [0.5, 0.6) is 0 Å². The van der Waals surface area contributed by atoms with Gasteiger partial charge in [-0.05, 0) is 73.0 Å². The molecule has 3 aromatic rings. The van der Waals surface area contributed by atoms with Crippen molar-refractivity contribution >= 4 is 20.9 Å². The number of aromatic nitrogens is 2. The molecule has 0 radical (unpaired) electrons. The van der Waals surface area contributed by atoms with E-state index in [1.165, 1.54) is 33.7 Å². The first-order chi connectivity index (χ1) is 14.8. The molecule has 6 nitrogen and oxygen atoms in total. The van der Waals surface area contributed by atoms with Crippen molar-refractivity contribution < 1.29 is 8.42 Å². The van der Waals surface area contributed by atoms with Gasteiger partial charge in [-0.1, -0.05) is 24.3 Å². The molecule has 4 rings (SSSR count). The Bertz CT molecular complexity index is 1150. The Balaban J connectivity index is 1.41. The zero-order valence-electron chi connectivity index (χ0n) is 18.6. The van der Waals surface area contributed by atoms with E-state index in [1.54, 1.807) is 14.1 Å². The normalized spacial score (nSPS) is 18.1. The van der Waals surface area contributed by atoms with Gasteiger partial charge in [0.2, 0.25) is 10.0 Å². The highest BCUT2D eigenvalue weighted by Crippen LogP contribution is 2.25. The first kappa shape index (κ1) is 22.0. The molecule has 2 heterocycles. The highest BCUT2D eigenvalue weighted by molar-refractivity contribution is 7.88. The second kappa shape index (κ2) is 9.10. The molecule has 1 aliphatic heterocycles. The lowest BCUT2D eigenvalue weighted by molar-refractivity contribution is 0.167. The summed E-state index contributed by atoms with van der Waals surface area (Å²) < 4.78 is 26.0. The van der Waals surface area contributed by atoms with Crippen LogP contribution in [0.3, 0.4) is 0 Å². The molecule has 1 atom stereocenters. The zero-order valence-corrected chi connectivity index (χ0v) is 19.5. The van der Waals surface area contributed by atoms with Crippen molar-refractivity contribution in [3.8, 4) is 0 Å². The molecule has 7 heteroatoms. The second-order valence-corrected chi connectivity index (χ2v) is 11.2. The topological polar surface area (TPSA) is 69.3 Å². The highest BCUT2D eigenvalue weighted by Gasteiger charge is 2.21. The van der Waals surface area contributed by atoms with Crippen LogP contribution in [-0.4, -0.2) is 55.0 Å². The van der Waals surface area contributed by atoms with Crippen LogP contribution >= 0.6 is 0 Å². The van der Waals surface area contributed by atoms with Crippen molar-refractivity contribution in [2.24, 2.45) is 5.92 Å². The van der Waals surface area contributed by atoms with E-state index in [-0.39, 0.29) is 5.75 Å². The van der Waals surface area contributed by atoms with E-state index in [9.17, 15) is 8.42 Å². The molecule has 1 N–H and O–H groups in total. The molecule has 0 unspecified atom stereocenters. The molecule has 0 spiro atoms. The summed E-state index contributed by atoms with van der Waals surface area (Å²) in [7, 11) is -0.0854. The Hall–Kier alpha value is -2.22. The minimum atomic E-state index is -3.27. The van der Waals surface area contributed by atoms with Gasteiger partial charge in [-0.15, -0.1) is 0 Å². The van der Waals surface area contributed by atoms with Gasteiger partial charge in [-0.3, -0.25) is 10.00 Å². The van der Waals surface area contributed by atoms with Crippen molar-refractivity contribution in [1.82, 2.24) is 19.4 Å². The summed E-state index contributed by atoms with van der Waals surface area (Å²) in [6, 6.07) is 12.8. The quantitative estimate of drug-likeness (QED) is 0.608. The second-order valence-electron chi connectivity index (χ2n) is 9.04. The van der Waals surface area contributed by atoms with E-state index in [0.717, 1.165) is 42.7 Å². The summed E-state index contributed by atoms with van der Waals surface area (Å²) in [4.78, 5) is 2.51. The maximum absolute atomic E-state index is 12.3. The van der Waals surface area contributed by atoms with Crippen LogP contribution in [0.1, 0.15) is 35.1 Å². The number of aryl methyl sites for hydroxylation is 1. The van der Waals surface area contributed by atoms with Crippen LogP contribution in [0.2, 0.25) is 0 Å². The molecular weight excluding hydrogens is 408 g/mol. The van der Waals surface area contributed by atoms with E-state index in [1.807, 2.05) is 13.1 Å². The van der Waals surface area contributed by atoms with E-state index >= 15 is 0 Å². The fraction of sp³-hybridized carbons (Fsp3) is 0.458. The standard InChI is InChI=1S/C24H32N4O2S/c1-18-6-7-21(13-23(18)17-31(29,30)27(2)3)16-28-10-4-5-20(15-28)11-19-8-9-24-22(12-19)14-25-26-24/h6-9,12-14,20H,4-5,10-11,15-17H2,1-3H3,(H,25,26)/t20-/m0/s1. The van der Waals surface area contributed by atoms with E-state index in [2.05, 4.69) is 51.5 Å². The predicted molar refractivity (Wildman–Crippen MR) is 125 cm³/mol. The molecular formula is C24H32N4O2S. The van der Waals surface area contributed by atoms with Gasteiger partial charge in [-0.2, -0.15) is 5.10 Å². The number of fused-ring (bicyclic) bond motifs is 1. The molecule has 0 saturated carbocycles. The number of aromatic amines is 1. The third kappa shape index (κ3) is 5.34. The Kier molecular flexibility index (Phi) is 6.46. The Morgan fingerprint density at radius 1 is 1.16 bits per heavy atom. The molecule has 1 aliphatic rings. The Labute approximate surface area is 185 Å². The van der Waals surface area contributed by atoms with Crippen LogP contribution in [0.15, 0.2) is 42.6 Å². The monoisotopic (exact) mass is 440 g/mol.